The summed E-state index contributed by atoms with van der Waals surface area (Å²) < 4.78 is 2.29. The van der Waals surface area contributed by atoms with E-state index in [4.69, 9.17) is 5.73 Å². The van der Waals surface area contributed by atoms with Crippen molar-refractivity contribution in [3.05, 3.63) is 40.6 Å². The number of halogens is 1. The van der Waals surface area contributed by atoms with Gasteiger partial charge in [0, 0.05) is 10.5 Å². The minimum absolute atomic E-state index is 0.0983. The number of nitrogens with two attached hydrogens (primary N) is 1. The maximum absolute atomic E-state index is 11.9. The molecule has 0 aliphatic heterocycles. The number of hydrogen-bond acceptors (Lipinski definition) is 4. The fourth-order valence-electron chi connectivity index (χ4n) is 1.50. The van der Waals surface area contributed by atoms with Crippen molar-refractivity contribution in [3.63, 3.8) is 0 Å². The van der Waals surface area contributed by atoms with Gasteiger partial charge in [-0.15, -0.1) is 5.10 Å². The smallest absolute Gasteiger partial charge is 0.246 e. The summed E-state index contributed by atoms with van der Waals surface area (Å²) in [5.74, 6) is -0.173. The van der Waals surface area contributed by atoms with Crippen LogP contribution in [0.1, 0.15) is 18.7 Å². The Bertz CT molecular complexity index is 581. The molecule has 1 amide bonds. The predicted octanol–water partition coefficient (Wildman–Crippen LogP) is 1.70. The molecule has 0 saturated carbocycles. The van der Waals surface area contributed by atoms with Crippen molar-refractivity contribution in [2.75, 3.05) is 5.32 Å². The average molecular weight is 324 g/mol. The van der Waals surface area contributed by atoms with Crippen LogP contribution in [0.4, 0.5) is 5.69 Å². The number of para-hydroxylation sites is 1. The second-order valence-electron chi connectivity index (χ2n) is 4.16. The van der Waals surface area contributed by atoms with Gasteiger partial charge in [0.05, 0.1) is 17.6 Å². The Hall–Kier alpha value is -1.73. The van der Waals surface area contributed by atoms with Gasteiger partial charge >= 0.3 is 0 Å². The Morgan fingerprint density at radius 1 is 1.53 bits per heavy atom. The van der Waals surface area contributed by atoms with Crippen molar-refractivity contribution in [1.29, 1.82) is 0 Å². The van der Waals surface area contributed by atoms with Crippen molar-refractivity contribution < 1.29 is 4.79 Å². The summed E-state index contributed by atoms with van der Waals surface area (Å²) in [6.07, 6.45) is 1.67. The number of aromatic nitrogens is 3. The van der Waals surface area contributed by atoms with Gasteiger partial charge in [-0.3, -0.25) is 4.79 Å². The first kappa shape index (κ1) is 13.7. The Balaban J connectivity index is 1.99. The molecule has 100 valence electrons. The summed E-state index contributed by atoms with van der Waals surface area (Å²) in [6.45, 7) is 1.91. The highest BCUT2D eigenvalue weighted by Gasteiger charge is 2.09. The maximum atomic E-state index is 11.9. The minimum atomic E-state index is -0.194. The second-order valence-corrected chi connectivity index (χ2v) is 5.01. The summed E-state index contributed by atoms with van der Waals surface area (Å²) in [6, 6.07) is 7.21. The lowest BCUT2D eigenvalue weighted by atomic mass is 10.3. The van der Waals surface area contributed by atoms with E-state index in [9.17, 15) is 4.79 Å². The molecule has 1 unspecified atom stereocenters. The number of nitrogens with one attached hydrogen (secondary N) is 1. The fraction of sp³-hybridized carbons (Fsp3) is 0.250. The van der Waals surface area contributed by atoms with Gasteiger partial charge in [-0.2, -0.15) is 0 Å². The molecular formula is C12H14BrN5O. The molecule has 19 heavy (non-hydrogen) atoms. The zero-order valence-corrected chi connectivity index (χ0v) is 12.0. The Morgan fingerprint density at radius 3 is 2.89 bits per heavy atom. The molecule has 1 atom stereocenters. The van der Waals surface area contributed by atoms with Crippen LogP contribution in [0.2, 0.25) is 0 Å². The standard InChI is InChI=1S/C12H14BrN5O/c1-8(14)11-6-18(17-16-11)7-12(19)15-10-5-3-2-4-9(10)13/h2-6,8H,7,14H2,1H3,(H,15,19). The number of carbonyl (C=O) groups excluding carboxylic acids is 1. The molecule has 7 heteroatoms. The molecule has 6 nitrogen and oxygen atoms in total. The molecule has 0 aliphatic rings. The van der Waals surface area contributed by atoms with Gasteiger partial charge in [0.1, 0.15) is 6.54 Å². The molecule has 0 radical (unpaired) electrons. The number of hydrogen-bond donors (Lipinski definition) is 2. The first-order chi connectivity index (χ1) is 9.06. The molecule has 1 aromatic heterocycles. The summed E-state index contributed by atoms with van der Waals surface area (Å²) in [4.78, 5) is 11.9. The van der Waals surface area contributed by atoms with E-state index in [1.807, 2.05) is 31.2 Å². The molecule has 3 N–H and O–H groups in total. The van der Waals surface area contributed by atoms with E-state index in [2.05, 4.69) is 31.6 Å². The summed E-state index contributed by atoms with van der Waals surface area (Å²) in [5, 5.41) is 10.5. The third-order valence-electron chi connectivity index (χ3n) is 2.48. The second kappa shape index (κ2) is 5.94. The number of nitrogens with zero attached hydrogens (tertiary/aromatic N) is 3. The Morgan fingerprint density at radius 2 is 2.26 bits per heavy atom. The van der Waals surface area contributed by atoms with Crippen LogP contribution in [0, 0.1) is 0 Å². The van der Waals surface area contributed by atoms with Crippen LogP contribution in [0.5, 0.6) is 0 Å². The highest BCUT2D eigenvalue weighted by Crippen LogP contribution is 2.21. The van der Waals surface area contributed by atoms with Crippen LogP contribution in [0.15, 0.2) is 34.9 Å². The van der Waals surface area contributed by atoms with Crippen LogP contribution in [0.25, 0.3) is 0 Å². The van der Waals surface area contributed by atoms with E-state index >= 15 is 0 Å². The van der Waals surface area contributed by atoms with Crippen LogP contribution >= 0.6 is 15.9 Å². The van der Waals surface area contributed by atoms with Gasteiger partial charge < -0.3 is 11.1 Å². The van der Waals surface area contributed by atoms with Gasteiger partial charge in [-0.1, -0.05) is 17.3 Å². The van der Waals surface area contributed by atoms with Gasteiger partial charge in [-0.05, 0) is 35.0 Å². The summed E-state index contributed by atoms with van der Waals surface area (Å²) in [7, 11) is 0. The summed E-state index contributed by atoms with van der Waals surface area (Å²) in [5.41, 5.74) is 7.06. The number of benzene rings is 1. The number of amides is 1. The van der Waals surface area contributed by atoms with Gasteiger partial charge in [0.2, 0.25) is 5.91 Å². The fourth-order valence-corrected chi connectivity index (χ4v) is 1.88. The highest BCUT2D eigenvalue weighted by molar-refractivity contribution is 9.10. The normalized spacial score (nSPS) is 12.2. The third kappa shape index (κ3) is 3.62. The van der Waals surface area contributed by atoms with Gasteiger partial charge in [0.25, 0.3) is 0 Å². The third-order valence-corrected chi connectivity index (χ3v) is 3.17. The maximum Gasteiger partial charge on any atom is 0.246 e. The first-order valence-electron chi connectivity index (χ1n) is 5.76. The quantitative estimate of drug-likeness (QED) is 0.896. The molecule has 0 saturated heterocycles. The van der Waals surface area contributed by atoms with E-state index in [0.717, 1.165) is 10.2 Å². The number of rotatable bonds is 4. The molecule has 2 aromatic rings. The van der Waals surface area contributed by atoms with Crippen LogP contribution in [-0.2, 0) is 11.3 Å². The lowest BCUT2D eigenvalue weighted by Crippen LogP contribution is -2.19. The molecule has 0 aliphatic carbocycles. The molecule has 0 fully saturated rings. The van der Waals surface area contributed by atoms with Crippen LogP contribution in [-0.4, -0.2) is 20.9 Å². The number of anilines is 1. The van der Waals surface area contributed by atoms with Crippen LogP contribution in [0.3, 0.4) is 0 Å². The monoisotopic (exact) mass is 323 g/mol. The SMILES string of the molecule is CC(N)c1cn(CC(=O)Nc2ccccc2Br)nn1. The van der Waals surface area contributed by atoms with Crippen molar-refractivity contribution in [2.45, 2.75) is 19.5 Å². The van der Waals surface area contributed by atoms with Crippen molar-refractivity contribution in [2.24, 2.45) is 5.73 Å². The topological polar surface area (TPSA) is 85.8 Å². The van der Waals surface area contributed by atoms with Gasteiger partial charge in [0.15, 0.2) is 0 Å². The molecule has 0 spiro atoms. The zero-order valence-electron chi connectivity index (χ0n) is 10.4. The van der Waals surface area contributed by atoms with Crippen molar-refractivity contribution in [1.82, 2.24) is 15.0 Å². The minimum Gasteiger partial charge on any atom is -0.323 e. The van der Waals surface area contributed by atoms with Crippen LogP contribution < -0.4 is 11.1 Å². The Kier molecular flexibility index (Phi) is 4.28. The molecular weight excluding hydrogens is 310 g/mol. The van der Waals surface area contributed by atoms with E-state index in [0.29, 0.717) is 5.69 Å². The van der Waals surface area contributed by atoms with Gasteiger partial charge in [-0.25, -0.2) is 4.68 Å². The molecule has 1 aromatic carbocycles. The molecule has 0 bridgehead atoms. The first-order valence-corrected chi connectivity index (χ1v) is 6.55. The number of carbonyl (C=O) groups is 1. The van der Waals surface area contributed by atoms with E-state index < -0.39 is 0 Å². The summed E-state index contributed by atoms with van der Waals surface area (Å²) >= 11 is 3.37. The zero-order chi connectivity index (χ0) is 13.8. The van der Waals surface area contributed by atoms with Crippen molar-refractivity contribution >= 4 is 27.5 Å². The lowest BCUT2D eigenvalue weighted by molar-refractivity contribution is -0.116. The van der Waals surface area contributed by atoms with E-state index in [1.54, 1.807) is 6.20 Å². The average Bonchev–Trinajstić information content (AvgIpc) is 2.80. The molecule has 2 rings (SSSR count). The predicted molar refractivity (Wildman–Crippen MR) is 75.4 cm³/mol. The van der Waals surface area contributed by atoms with E-state index in [-0.39, 0.29) is 18.5 Å². The lowest BCUT2D eigenvalue weighted by Gasteiger charge is -2.06. The molecule has 1 heterocycles. The Labute approximate surface area is 119 Å². The highest BCUT2D eigenvalue weighted by atomic mass is 79.9. The van der Waals surface area contributed by atoms with E-state index in [1.165, 1.54) is 4.68 Å². The largest absolute Gasteiger partial charge is 0.323 e. The van der Waals surface area contributed by atoms with Crippen molar-refractivity contribution in [3.8, 4) is 0 Å².